The molecule has 3 atom stereocenters. The lowest BCUT2D eigenvalue weighted by atomic mass is 10.1. The zero-order valence-electron chi connectivity index (χ0n) is 20.0. The van der Waals surface area contributed by atoms with Crippen LogP contribution >= 0.6 is 0 Å². The van der Waals surface area contributed by atoms with Crippen LogP contribution < -0.4 is 20.1 Å². The number of urea groups is 1. The van der Waals surface area contributed by atoms with E-state index in [1.54, 1.807) is 6.92 Å². The van der Waals surface area contributed by atoms with Gasteiger partial charge in [-0.2, -0.15) is 0 Å². The van der Waals surface area contributed by atoms with E-state index in [4.69, 9.17) is 18.9 Å². The van der Waals surface area contributed by atoms with Crippen LogP contribution in [-0.4, -0.2) is 50.5 Å². The van der Waals surface area contributed by atoms with Gasteiger partial charge in [-0.25, -0.2) is 4.79 Å². The molecule has 0 aromatic heterocycles. The van der Waals surface area contributed by atoms with Crippen LogP contribution in [0.25, 0.3) is 0 Å². The topological polar surface area (TPSA) is 95.1 Å². The van der Waals surface area contributed by atoms with E-state index in [0.717, 1.165) is 22.6 Å². The summed E-state index contributed by atoms with van der Waals surface area (Å²) in [5.41, 5.74) is 2.59. The fourth-order valence-corrected chi connectivity index (χ4v) is 3.49. The fourth-order valence-electron chi connectivity index (χ4n) is 3.49. The number of hydrogen-bond donors (Lipinski definition) is 2. The van der Waals surface area contributed by atoms with Gasteiger partial charge in [0.1, 0.15) is 30.3 Å². The van der Waals surface area contributed by atoms with Gasteiger partial charge in [-0.3, -0.25) is 10.1 Å². The second-order valence-electron chi connectivity index (χ2n) is 8.33. The molecule has 0 radical (unpaired) electrons. The Labute approximate surface area is 200 Å². The maximum absolute atomic E-state index is 12.1. The summed E-state index contributed by atoms with van der Waals surface area (Å²) in [6, 6.07) is 15.0. The lowest BCUT2D eigenvalue weighted by Crippen LogP contribution is -2.43. The van der Waals surface area contributed by atoms with Gasteiger partial charge in [-0.1, -0.05) is 35.4 Å². The molecule has 0 spiro atoms. The van der Waals surface area contributed by atoms with Crippen molar-refractivity contribution in [2.75, 3.05) is 20.3 Å². The minimum Gasteiger partial charge on any atom is -0.504 e. The standard InChI is InChI=1S/C26H32N2O6/c1-17-5-9-20(10-6-17)32-16-24-23(33-21-11-7-18(2)8-12-21)13-22(34-24)14-27-26(30)28-25(29)19(3)15-31-4/h5-12,15,22-24H,13-14,16H2,1-4H3,(H2,27,28,29,30)/b19-15+/t22-,23-,24+/m0/s1. The van der Waals surface area contributed by atoms with Gasteiger partial charge < -0.3 is 24.3 Å². The Morgan fingerprint density at radius 2 is 1.65 bits per heavy atom. The quantitative estimate of drug-likeness (QED) is 0.431. The molecule has 1 aliphatic heterocycles. The van der Waals surface area contributed by atoms with Crippen molar-refractivity contribution in [3.63, 3.8) is 0 Å². The molecule has 1 saturated heterocycles. The Balaban J connectivity index is 1.58. The van der Waals surface area contributed by atoms with Crippen LogP contribution in [0.3, 0.4) is 0 Å². The Bertz CT molecular complexity index is 987. The van der Waals surface area contributed by atoms with Gasteiger partial charge in [0.25, 0.3) is 5.91 Å². The number of hydrogen-bond acceptors (Lipinski definition) is 6. The molecule has 8 nitrogen and oxygen atoms in total. The number of nitrogens with one attached hydrogen (secondary N) is 2. The van der Waals surface area contributed by atoms with Gasteiger partial charge >= 0.3 is 6.03 Å². The Kier molecular flexibility index (Phi) is 8.93. The summed E-state index contributed by atoms with van der Waals surface area (Å²) in [7, 11) is 1.43. The normalized spacial score (nSPS) is 19.9. The van der Waals surface area contributed by atoms with Crippen LogP contribution in [0.5, 0.6) is 11.5 Å². The Hall–Kier alpha value is -3.52. The molecule has 2 aromatic rings. The third-order valence-electron chi connectivity index (χ3n) is 5.39. The lowest BCUT2D eigenvalue weighted by molar-refractivity contribution is -0.116. The van der Waals surface area contributed by atoms with Crippen LogP contribution in [-0.2, 0) is 14.3 Å². The molecule has 1 aliphatic rings. The maximum atomic E-state index is 12.1. The molecule has 0 aliphatic carbocycles. The van der Waals surface area contributed by atoms with Gasteiger partial charge in [-0.05, 0) is 45.0 Å². The van der Waals surface area contributed by atoms with E-state index in [2.05, 4.69) is 10.6 Å². The van der Waals surface area contributed by atoms with E-state index in [-0.39, 0.29) is 30.4 Å². The third kappa shape index (κ3) is 7.52. The monoisotopic (exact) mass is 468 g/mol. The first-order valence-electron chi connectivity index (χ1n) is 11.2. The predicted octanol–water partition coefficient (Wildman–Crippen LogP) is 3.66. The van der Waals surface area contributed by atoms with E-state index in [1.807, 2.05) is 62.4 Å². The van der Waals surface area contributed by atoms with E-state index >= 15 is 0 Å². The fraction of sp³-hybridized carbons (Fsp3) is 0.385. The minimum atomic E-state index is -0.604. The smallest absolute Gasteiger partial charge is 0.321 e. The van der Waals surface area contributed by atoms with Gasteiger partial charge in [0, 0.05) is 18.5 Å². The van der Waals surface area contributed by atoms with Crippen LogP contribution in [0.15, 0.2) is 60.4 Å². The summed E-state index contributed by atoms with van der Waals surface area (Å²) in [6.45, 7) is 6.12. The van der Waals surface area contributed by atoms with Crippen molar-refractivity contribution < 1.29 is 28.5 Å². The average molecular weight is 469 g/mol. The summed E-state index contributed by atoms with van der Waals surface area (Å²) in [6.07, 6.45) is 0.960. The minimum absolute atomic E-state index is 0.223. The summed E-state index contributed by atoms with van der Waals surface area (Å²) < 4.78 is 23.1. The lowest BCUT2D eigenvalue weighted by Gasteiger charge is -2.20. The molecule has 2 aromatic carbocycles. The van der Waals surface area contributed by atoms with Gasteiger partial charge in [0.05, 0.1) is 19.5 Å². The molecule has 3 rings (SSSR count). The summed E-state index contributed by atoms with van der Waals surface area (Å²) in [4.78, 5) is 24.0. The third-order valence-corrected chi connectivity index (χ3v) is 5.39. The molecular formula is C26H32N2O6. The Morgan fingerprint density at radius 3 is 2.26 bits per heavy atom. The molecule has 3 amide bonds. The first-order chi connectivity index (χ1) is 16.3. The zero-order chi connectivity index (χ0) is 24.5. The second-order valence-corrected chi connectivity index (χ2v) is 8.33. The number of imide groups is 1. The van der Waals surface area contributed by atoms with Crippen molar-refractivity contribution in [1.82, 2.24) is 10.6 Å². The molecule has 0 unspecified atom stereocenters. The number of ether oxygens (including phenoxy) is 4. The van der Waals surface area contributed by atoms with Crippen molar-refractivity contribution in [2.24, 2.45) is 0 Å². The number of aryl methyl sites for hydroxylation is 2. The summed E-state index contributed by atoms with van der Waals surface area (Å²) >= 11 is 0. The molecular weight excluding hydrogens is 436 g/mol. The molecule has 2 N–H and O–H groups in total. The highest BCUT2D eigenvalue weighted by Crippen LogP contribution is 2.27. The average Bonchev–Trinajstić information content (AvgIpc) is 3.20. The largest absolute Gasteiger partial charge is 0.504 e. The van der Waals surface area contributed by atoms with Gasteiger partial charge in [0.15, 0.2) is 0 Å². The summed E-state index contributed by atoms with van der Waals surface area (Å²) in [5.74, 6) is 0.968. The van der Waals surface area contributed by atoms with E-state index in [0.29, 0.717) is 13.0 Å². The molecule has 1 heterocycles. The van der Waals surface area contributed by atoms with Gasteiger partial charge in [-0.15, -0.1) is 0 Å². The summed E-state index contributed by atoms with van der Waals surface area (Å²) in [5, 5.41) is 4.94. The van der Waals surface area contributed by atoms with Crippen molar-refractivity contribution in [2.45, 2.75) is 45.5 Å². The highest BCUT2D eigenvalue weighted by molar-refractivity contribution is 6.03. The van der Waals surface area contributed by atoms with Crippen LogP contribution in [0.1, 0.15) is 24.5 Å². The molecule has 0 bridgehead atoms. The van der Waals surface area contributed by atoms with Crippen LogP contribution in [0, 0.1) is 13.8 Å². The molecule has 0 saturated carbocycles. The number of methoxy groups -OCH3 is 1. The van der Waals surface area contributed by atoms with Gasteiger partial charge in [0.2, 0.25) is 0 Å². The number of carbonyl (C=O) groups is 2. The van der Waals surface area contributed by atoms with Crippen molar-refractivity contribution in [1.29, 1.82) is 0 Å². The molecule has 8 heteroatoms. The number of rotatable bonds is 9. The van der Waals surface area contributed by atoms with Crippen LogP contribution in [0.2, 0.25) is 0 Å². The second kappa shape index (κ2) is 12.1. The maximum Gasteiger partial charge on any atom is 0.321 e. The zero-order valence-corrected chi connectivity index (χ0v) is 20.0. The molecule has 34 heavy (non-hydrogen) atoms. The highest BCUT2D eigenvalue weighted by atomic mass is 16.6. The van der Waals surface area contributed by atoms with Crippen molar-refractivity contribution >= 4 is 11.9 Å². The number of amides is 3. The van der Waals surface area contributed by atoms with Crippen molar-refractivity contribution in [3.05, 3.63) is 71.5 Å². The number of benzene rings is 2. The van der Waals surface area contributed by atoms with Crippen molar-refractivity contribution in [3.8, 4) is 11.5 Å². The first-order valence-corrected chi connectivity index (χ1v) is 11.2. The molecule has 182 valence electrons. The molecule has 1 fully saturated rings. The SMILES string of the molecule is CO/C=C(\C)C(=O)NC(=O)NC[C@@H]1C[C@H](Oc2ccc(C)cc2)[C@@H](COc2ccc(C)cc2)O1. The predicted molar refractivity (Wildman–Crippen MR) is 128 cm³/mol. The van der Waals surface area contributed by atoms with E-state index in [9.17, 15) is 9.59 Å². The van der Waals surface area contributed by atoms with E-state index < -0.39 is 11.9 Å². The van der Waals surface area contributed by atoms with Crippen LogP contribution in [0.4, 0.5) is 4.79 Å². The van der Waals surface area contributed by atoms with E-state index in [1.165, 1.54) is 13.4 Å². The highest BCUT2D eigenvalue weighted by Gasteiger charge is 2.37. The Morgan fingerprint density at radius 1 is 1.03 bits per heavy atom. The first kappa shape index (κ1) is 25.1. The number of carbonyl (C=O) groups excluding carboxylic acids is 2.